The number of hydrogen-bond donors (Lipinski definition) is 1. The Kier molecular flexibility index (Phi) is 3.50. The molecule has 5 nitrogen and oxygen atoms in total. The molecule has 2 rings (SSSR count). The molecule has 0 aromatic heterocycles. The van der Waals surface area contributed by atoms with Crippen molar-refractivity contribution in [2.24, 2.45) is 0 Å². The molecule has 0 saturated carbocycles. The predicted molar refractivity (Wildman–Crippen MR) is 63.4 cm³/mol. The van der Waals surface area contributed by atoms with Crippen LogP contribution in [0.3, 0.4) is 0 Å². The number of carbonyl (C=O) groups excluding carboxylic acids is 1. The van der Waals surface area contributed by atoms with E-state index in [-0.39, 0.29) is 5.78 Å². The van der Waals surface area contributed by atoms with Crippen LogP contribution < -0.4 is 9.47 Å². The summed E-state index contributed by atoms with van der Waals surface area (Å²) in [7, 11) is 1.55. The lowest BCUT2D eigenvalue weighted by Crippen LogP contribution is -2.16. The molecule has 1 aromatic rings. The van der Waals surface area contributed by atoms with Crippen molar-refractivity contribution in [2.45, 2.75) is 19.3 Å². The van der Waals surface area contributed by atoms with Crippen LogP contribution in [0.25, 0.3) is 0 Å². The molecule has 1 aromatic carbocycles. The highest BCUT2D eigenvalue weighted by Gasteiger charge is 2.25. The first-order chi connectivity index (χ1) is 8.63. The van der Waals surface area contributed by atoms with Gasteiger partial charge in [0.05, 0.1) is 12.7 Å². The molecule has 5 heteroatoms. The van der Waals surface area contributed by atoms with E-state index in [1.807, 2.05) is 0 Å². The van der Waals surface area contributed by atoms with Crippen LogP contribution in [0.15, 0.2) is 12.1 Å². The normalized spacial score (nSPS) is 13.9. The van der Waals surface area contributed by atoms with Crippen LogP contribution in [-0.4, -0.2) is 30.6 Å². The third kappa shape index (κ3) is 2.30. The van der Waals surface area contributed by atoms with E-state index in [2.05, 4.69) is 0 Å². The quantitative estimate of drug-likeness (QED) is 0.880. The molecule has 18 heavy (non-hydrogen) atoms. The van der Waals surface area contributed by atoms with Gasteiger partial charge in [-0.1, -0.05) is 0 Å². The monoisotopic (exact) mass is 250 g/mol. The van der Waals surface area contributed by atoms with Crippen LogP contribution in [0, 0.1) is 0 Å². The van der Waals surface area contributed by atoms with Gasteiger partial charge in [0.2, 0.25) is 0 Å². The molecule has 1 N–H and O–H groups in total. The van der Waals surface area contributed by atoms with Crippen molar-refractivity contribution in [3.8, 4) is 11.5 Å². The first kappa shape index (κ1) is 12.4. The fraction of sp³-hybridized carbons (Fsp3) is 0.385. The third-order valence-corrected chi connectivity index (χ3v) is 2.91. The van der Waals surface area contributed by atoms with E-state index in [4.69, 9.17) is 14.6 Å². The van der Waals surface area contributed by atoms with Gasteiger partial charge >= 0.3 is 5.97 Å². The van der Waals surface area contributed by atoms with Gasteiger partial charge in [0, 0.05) is 12.0 Å². The number of ether oxygens (including phenoxy) is 2. The maximum atomic E-state index is 11.9. The van der Waals surface area contributed by atoms with Gasteiger partial charge in [-0.05, 0) is 25.0 Å². The first-order valence-corrected chi connectivity index (χ1v) is 5.71. The lowest BCUT2D eigenvalue weighted by Gasteiger charge is -2.20. The number of carbonyl (C=O) groups is 2. The maximum Gasteiger partial charge on any atom is 0.341 e. The highest BCUT2D eigenvalue weighted by atomic mass is 16.5. The zero-order chi connectivity index (χ0) is 13.1. The number of fused-ring (bicyclic) bond motifs is 1. The number of Topliss-reactive ketones (excluding diaryl/α,β-unsaturated/α-hetero) is 1. The maximum absolute atomic E-state index is 11.9. The second-order valence-electron chi connectivity index (χ2n) is 4.08. The van der Waals surface area contributed by atoms with Crippen molar-refractivity contribution < 1.29 is 24.2 Å². The van der Waals surface area contributed by atoms with Crippen LogP contribution in [0.1, 0.15) is 28.8 Å². The number of benzene rings is 1. The molecule has 96 valence electrons. The summed E-state index contributed by atoms with van der Waals surface area (Å²) < 4.78 is 10.4. The Morgan fingerprint density at radius 3 is 2.72 bits per heavy atom. The second kappa shape index (κ2) is 5.08. The molecular weight excluding hydrogens is 236 g/mol. The molecule has 1 aliphatic rings. The molecule has 0 spiro atoms. The van der Waals surface area contributed by atoms with Crippen molar-refractivity contribution in [3.05, 3.63) is 23.3 Å². The topological polar surface area (TPSA) is 72.8 Å². The fourth-order valence-electron chi connectivity index (χ4n) is 2.16. The van der Waals surface area contributed by atoms with E-state index in [1.54, 1.807) is 19.2 Å². The van der Waals surface area contributed by atoms with Gasteiger partial charge in [0.15, 0.2) is 12.4 Å². The Morgan fingerprint density at radius 1 is 1.33 bits per heavy atom. The molecule has 0 aliphatic heterocycles. The standard InChI is InChI=1S/C13H14O5/c1-17-10-5-6-11(18-7-12(15)16)13-8(10)3-2-4-9(13)14/h5-6H,2-4,7H2,1H3,(H,15,16). The summed E-state index contributed by atoms with van der Waals surface area (Å²) in [6, 6.07) is 3.29. The Labute approximate surface area is 104 Å². The van der Waals surface area contributed by atoms with Crippen LogP contribution in [0.2, 0.25) is 0 Å². The minimum atomic E-state index is -1.07. The lowest BCUT2D eigenvalue weighted by atomic mass is 9.89. The van der Waals surface area contributed by atoms with Gasteiger partial charge < -0.3 is 14.6 Å². The van der Waals surface area contributed by atoms with Gasteiger partial charge in [0.25, 0.3) is 0 Å². The van der Waals surface area contributed by atoms with E-state index < -0.39 is 12.6 Å². The Hall–Kier alpha value is -2.04. The van der Waals surface area contributed by atoms with Crippen molar-refractivity contribution in [1.29, 1.82) is 0 Å². The molecule has 0 bridgehead atoms. The van der Waals surface area contributed by atoms with Gasteiger partial charge in [-0.2, -0.15) is 0 Å². The van der Waals surface area contributed by atoms with E-state index in [1.165, 1.54) is 0 Å². The largest absolute Gasteiger partial charge is 0.496 e. The minimum Gasteiger partial charge on any atom is -0.496 e. The van der Waals surface area contributed by atoms with Gasteiger partial charge in [0.1, 0.15) is 11.5 Å². The number of rotatable bonds is 4. The number of carboxylic acid groups (broad SMARTS) is 1. The molecule has 0 fully saturated rings. The van der Waals surface area contributed by atoms with Crippen LogP contribution in [-0.2, 0) is 11.2 Å². The van der Waals surface area contributed by atoms with Crippen molar-refractivity contribution in [2.75, 3.05) is 13.7 Å². The van der Waals surface area contributed by atoms with Gasteiger partial charge in [-0.15, -0.1) is 0 Å². The Morgan fingerprint density at radius 2 is 2.06 bits per heavy atom. The minimum absolute atomic E-state index is 0.0180. The summed E-state index contributed by atoms with van der Waals surface area (Å²) in [5.74, 6) is -0.100. The molecule has 0 heterocycles. The van der Waals surface area contributed by atoms with Gasteiger partial charge in [-0.3, -0.25) is 4.79 Å². The average Bonchev–Trinajstić information content (AvgIpc) is 2.36. The molecule has 0 radical (unpaired) electrons. The highest BCUT2D eigenvalue weighted by Crippen LogP contribution is 2.35. The predicted octanol–water partition coefficient (Wildman–Crippen LogP) is 1.68. The molecule has 0 saturated heterocycles. The molecule has 0 amide bonds. The van der Waals surface area contributed by atoms with E-state index in [0.717, 1.165) is 18.4 Å². The number of methoxy groups -OCH3 is 1. The average molecular weight is 250 g/mol. The fourth-order valence-corrected chi connectivity index (χ4v) is 2.16. The molecule has 0 atom stereocenters. The number of carboxylic acids is 1. The molecule has 0 unspecified atom stereocenters. The van der Waals surface area contributed by atoms with Gasteiger partial charge in [-0.25, -0.2) is 4.79 Å². The summed E-state index contributed by atoms with van der Waals surface area (Å²) >= 11 is 0. The van der Waals surface area contributed by atoms with Crippen LogP contribution in [0.4, 0.5) is 0 Å². The van der Waals surface area contributed by atoms with Crippen molar-refractivity contribution in [1.82, 2.24) is 0 Å². The number of aliphatic carboxylic acids is 1. The Bertz CT molecular complexity index is 492. The summed E-state index contributed by atoms with van der Waals surface area (Å²) in [6.45, 7) is -0.452. The third-order valence-electron chi connectivity index (χ3n) is 2.91. The van der Waals surface area contributed by atoms with Crippen LogP contribution >= 0.6 is 0 Å². The first-order valence-electron chi connectivity index (χ1n) is 5.71. The Balaban J connectivity index is 2.41. The van der Waals surface area contributed by atoms with Crippen molar-refractivity contribution >= 4 is 11.8 Å². The highest BCUT2D eigenvalue weighted by molar-refractivity contribution is 6.01. The van der Waals surface area contributed by atoms with E-state index >= 15 is 0 Å². The summed E-state index contributed by atoms with van der Waals surface area (Å²) in [5, 5.41) is 8.61. The zero-order valence-electron chi connectivity index (χ0n) is 10.1. The summed E-state index contributed by atoms with van der Waals surface area (Å²) in [5.41, 5.74) is 1.29. The lowest BCUT2D eigenvalue weighted by molar-refractivity contribution is -0.139. The zero-order valence-corrected chi connectivity index (χ0v) is 10.1. The molecular formula is C13H14O5. The van der Waals surface area contributed by atoms with Crippen molar-refractivity contribution in [3.63, 3.8) is 0 Å². The SMILES string of the molecule is COc1ccc(OCC(=O)O)c2c1CCCC2=O. The number of hydrogen-bond acceptors (Lipinski definition) is 4. The van der Waals surface area contributed by atoms with Crippen LogP contribution in [0.5, 0.6) is 11.5 Å². The van der Waals surface area contributed by atoms with E-state index in [0.29, 0.717) is 23.5 Å². The number of ketones is 1. The molecule has 1 aliphatic carbocycles. The summed E-state index contributed by atoms with van der Waals surface area (Å²) in [4.78, 5) is 22.4. The van der Waals surface area contributed by atoms with E-state index in [9.17, 15) is 9.59 Å². The summed E-state index contributed by atoms with van der Waals surface area (Å²) in [6.07, 6.45) is 1.99. The second-order valence-corrected chi connectivity index (χ2v) is 4.08. The smallest absolute Gasteiger partial charge is 0.341 e.